The lowest BCUT2D eigenvalue weighted by molar-refractivity contribution is 0.103. The van der Waals surface area contributed by atoms with Crippen molar-refractivity contribution in [2.45, 2.75) is 6.10 Å². The minimum atomic E-state index is -0.879. The zero-order chi connectivity index (χ0) is 13.7. The van der Waals surface area contributed by atoms with Crippen LogP contribution in [0.15, 0.2) is 48.5 Å². The smallest absolute Gasteiger partial charge is 0.165 e. The second kappa shape index (κ2) is 6.20. The van der Waals surface area contributed by atoms with Crippen molar-refractivity contribution in [2.24, 2.45) is 0 Å². The Hall–Kier alpha value is -2.07. The zero-order valence-corrected chi connectivity index (χ0v) is 10.5. The van der Waals surface area contributed by atoms with Gasteiger partial charge in [0.05, 0.1) is 7.11 Å². The number of halogens is 1. The van der Waals surface area contributed by atoms with Gasteiger partial charge in [0.25, 0.3) is 0 Å². The van der Waals surface area contributed by atoms with Crippen LogP contribution in [0.2, 0.25) is 0 Å². The minimum absolute atomic E-state index is 0.0404. The lowest BCUT2D eigenvalue weighted by Gasteiger charge is -2.15. The first-order chi connectivity index (χ1) is 9.22. The van der Waals surface area contributed by atoms with E-state index in [1.54, 1.807) is 30.3 Å². The quantitative estimate of drug-likeness (QED) is 0.900. The highest BCUT2D eigenvalue weighted by atomic mass is 19.1. The Balaban J connectivity index is 2.05. The van der Waals surface area contributed by atoms with Crippen LogP contribution in [0.3, 0.4) is 0 Å². The van der Waals surface area contributed by atoms with E-state index in [0.717, 1.165) is 0 Å². The maximum atomic E-state index is 13.4. The van der Waals surface area contributed by atoms with E-state index in [1.165, 1.54) is 19.2 Å². The molecule has 0 spiro atoms. The molecule has 0 amide bonds. The third kappa shape index (κ3) is 3.23. The lowest BCUT2D eigenvalue weighted by Crippen LogP contribution is -2.11. The first kappa shape index (κ1) is 13.4. The third-order valence-corrected chi connectivity index (χ3v) is 2.73. The third-order valence-electron chi connectivity index (χ3n) is 2.73. The SMILES string of the molecule is COc1ccccc1C(O)COc1ccccc1F. The predicted molar refractivity (Wildman–Crippen MR) is 69.8 cm³/mol. The number of benzene rings is 2. The summed E-state index contributed by atoms with van der Waals surface area (Å²) in [5.74, 6) is 0.248. The van der Waals surface area contributed by atoms with Crippen LogP contribution >= 0.6 is 0 Å². The van der Waals surface area contributed by atoms with Gasteiger partial charge in [-0.2, -0.15) is 0 Å². The van der Waals surface area contributed by atoms with Crippen LogP contribution < -0.4 is 9.47 Å². The van der Waals surface area contributed by atoms with Gasteiger partial charge >= 0.3 is 0 Å². The fraction of sp³-hybridized carbons (Fsp3) is 0.200. The van der Waals surface area contributed by atoms with Gasteiger partial charge in [-0.15, -0.1) is 0 Å². The van der Waals surface area contributed by atoms with E-state index in [9.17, 15) is 9.50 Å². The molecule has 0 bridgehead atoms. The molecule has 19 heavy (non-hydrogen) atoms. The zero-order valence-electron chi connectivity index (χ0n) is 10.5. The van der Waals surface area contributed by atoms with Gasteiger partial charge in [-0.3, -0.25) is 0 Å². The fourth-order valence-electron chi connectivity index (χ4n) is 1.76. The van der Waals surface area contributed by atoms with Crippen LogP contribution in [0, 0.1) is 5.82 Å². The van der Waals surface area contributed by atoms with Crippen molar-refractivity contribution < 1.29 is 19.0 Å². The number of aliphatic hydroxyl groups is 1. The van der Waals surface area contributed by atoms with Gasteiger partial charge in [0.15, 0.2) is 11.6 Å². The van der Waals surface area contributed by atoms with Crippen molar-refractivity contribution >= 4 is 0 Å². The highest BCUT2D eigenvalue weighted by Gasteiger charge is 2.14. The monoisotopic (exact) mass is 262 g/mol. The number of aliphatic hydroxyl groups excluding tert-OH is 1. The summed E-state index contributed by atoms with van der Waals surface area (Å²) in [6.45, 7) is -0.0404. The average Bonchev–Trinajstić information content (AvgIpc) is 2.46. The second-order valence-corrected chi connectivity index (χ2v) is 4.00. The number of hydrogen-bond donors (Lipinski definition) is 1. The molecule has 0 aliphatic carbocycles. The van der Waals surface area contributed by atoms with Crippen LogP contribution in [0.5, 0.6) is 11.5 Å². The molecule has 0 aliphatic rings. The Morgan fingerprint density at radius 1 is 1.05 bits per heavy atom. The van der Waals surface area contributed by atoms with E-state index < -0.39 is 11.9 Å². The van der Waals surface area contributed by atoms with Crippen LogP contribution in [-0.4, -0.2) is 18.8 Å². The Labute approximate surface area is 111 Å². The maximum absolute atomic E-state index is 13.4. The summed E-state index contributed by atoms with van der Waals surface area (Å²) in [6, 6.07) is 13.2. The largest absolute Gasteiger partial charge is 0.496 e. The molecule has 0 fully saturated rings. The van der Waals surface area contributed by atoms with Crippen molar-refractivity contribution in [3.63, 3.8) is 0 Å². The molecule has 0 radical (unpaired) electrons. The molecule has 4 heteroatoms. The first-order valence-corrected chi connectivity index (χ1v) is 5.90. The highest BCUT2D eigenvalue weighted by Crippen LogP contribution is 2.25. The van der Waals surface area contributed by atoms with Gasteiger partial charge in [0.2, 0.25) is 0 Å². The van der Waals surface area contributed by atoms with Crippen LogP contribution in [0.25, 0.3) is 0 Å². The molecule has 0 saturated heterocycles. The fourth-order valence-corrected chi connectivity index (χ4v) is 1.76. The van der Waals surface area contributed by atoms with Crippen molar-refractivity contribution in [3.05, 3.63) is 59.9 Å². The average molecular weight is 262 g/mol. The number of hydrogen-bond acceptors (Lipinski definition) is 3. The molecule has 2 aromatic rings. The van der Waals surface area contributed by atoms with E-state index in [0.29, 0.717) is 11.3 Å². The maximum Gasteiger partial charge on any atom is 0.165 e. The molecule has 3 nitrogen and oxygen atoms in total. The van der Waals surface area contributed by atoms with Gasteiger partial charge in [-0.1, -0.05) is 30.3 Å². The van der Waals surface area contributed by atoms with Gasteiger partial charge in [-0.25, -0.2) is 4.39 Å². The lowest BCUT2D eigenvalue weighted by atomic mass is 10.1. The summed E-state index contributed by atoms with van der Waals surface area (Å²) in [5, 5.41) is 10.1. The molecule has 0 heterocycles. The van der Waals surface area contributed by atoms with E-state index in [-0.39, 0.29) is 12.4 Å². The van der Waals surface area contributed by atoms with Gasteiger partial charge in [0, 0.05) is 5.56 Å². The van der Waals surface area contributed by atoms with E-state index in [1.807, 2.05) is 6.07 Å². The summed E-state index contributed by atoms with van der Waals surface area (Å²) >= 11 is 0. The summed E-state index contributed by atoms with van der Waals surface area (Å²) < 4.78 is 23.8. The molecule has 1 atom stereocenters. The van der Waals surface area contributed by atoms with Crippen LogP contribution in [0.4, 0.5) is 4.39 Å². The number of para-hydroxylation sites is 2. The summed E-state index contributed by atoms with van der Waals surface area (Å²) in [7, 11) is 1.53. The Kier molecular flexibility index (Phi) is 4.36. The molecule has 1 N–H and O–H groups in total. The molecule has 1 unspecified atom stereocenters. The molecular weight excluding hydrogens is 247 g/mol. The van der Waals surface area contributed by atoms with Crippen molar-refractivity contribution in [2.75, 3.05) is 13.7 Å². The first-order valence-electron chi connectivity index (χ1n) is 5.90. The van der Waals surface area contributed by atoms with Gasteiger partial charge < -0.3 is 14.6 Å². The predicted octanol–water partition coefficient (Wildman–Crippen LogP) is 2.95. The topological polar surface area (TPSA) is 38.7 Å². The Morgan fingerprint density at radius 2 is 1.68 bits per heavy atom. The molecule has 0 saturated carbocycles. The van der Waals surface area contributed by atoms with Crippen molar-refractivity contribution in [3.8, 4) is 11.5 Å². The second-order valence-electron chi connectivity index (χ2n) is 4.00. The standard InChI is InChI=1S/C15H15FO3/c1-18-14-8-4-2-6-11(14)13(17)10-19-15-9-5-3-7-12(15)16/h2-9,13,17H,10H2,1H3. The molecule has 0 aliphatic heterocycles. The van der Waals surface area contributed by atoms with Crippen molar-refractivity contribution in [1.29, 1.82) is 0 Å². The Bertz CT molecular complexity index is 542. The van der Waals surface area contributed by atoms with E-state index >= 15 is 0 Å². The number of rotatable bonds is 5. The normalized spacial score (nSPS) is 11.9. The molecule has 0 aromatic heterocycles. The summed E-state index contributed by atoms with van der Waals surface area (Å²) in [6.07, 6.45) is -0.879. The van der Waals surface area contributed by atoms with Crippen LogP contribution in [0.1, 0.15) is 11.7 Å². The molecule has 100 valence electrons. The summed E-state index contributed by atoms with van der Waals surface area (Å²) in [4.78, 5) is 0. The van der Waals surface area contributed by atoms with Crippen molar-refractivity contribution in [1.82, 2.24) is 0 Å². The van der Waals surface area contributed by atoms with Crippen LogP contribution in [-0.2, 0) is 0 Å². The minimum Gasteiger partial charge on any atom is -0.496 e. The molecule has 2 rings (SSSR count). The number of ether oxygens (including phenoxy) is 2. The Morgan fingerprint density at radius 3 is 2.37 bits per heavy atom. The van der Waals surface area contributed by atoms with E-state index in [2.05, 4.69) is 0 Å². The summed E-state index contributed by atoms with van der Waals surface area (Å²) in [5.41, 5.74) is 0.612. The molecular formula is C15H15FO3. The van der Waals surface area contributed by atoms with E-state index in [4.69, 9.17) is 9.47 Å². The highest BCUT2D eigenvalue weighted by molar-refractivity contribution is 5.35. The number of methoxy groups -OCH3 is 1. The van der Waals surface area contributed by atoms with Gasteiger partial charge in [0.1, 0.15) is 18.5 Å². The van der Waals surface area contributed by atoms with Gasteiger partial charge in [-0.05, 0) is 18.2 Å². The molecule has 2 aromatic carbocycles.